The van der Waals surface area contributed by atoms with Crippen LogP contribution in [0.2, 0.25) is 5.02 Å². The summed E-state index contributed by atoms with van der Waals surface area (Å²) in [6.45, 7) is 0. The Bertz CT molecular complexity index is 1060. The zero-order valence-corrected chi connectivity index (χ0v) is 16.1. The van der Waals surface area contributed by atoms with Crippen LogP contribution >= 0.6 is 11.6 Å². The molecule has 3 unspecified atom stereocenters. The van der Waals surface area contributed by atoms with E-state index in [1.54, 1.807) is 6.07 Å². The van der Waals surface area contributed by atoms with Gasteiger partial charge < -0.3 is 5.32 Å². The fourth-order valence-corrected chi connectivity index (χ4v) is 4.81. The van der Waals surface area contributed by atoms with E-state index in [-0.39, 0.29) is 17.7 Å². The van der Waals surface area contributed by atoms with Gasteiger partial charge in [-0.2, -0.15) is 0 Å². The second kappa shape index (κ2) is 6.96. The molecule has 1 heterocycles. The predicted molar refractivity (Wildman–Crippen MR) is 114 cm³/mol. The van der Waals surface area contributed by atoms with Crippen molar-refractivity contribution < 1.29 is 4.79 Å². The molecule has 3 heteroatoms. The maximum atomic E-state index is 13.3. The van der Waals surface area contributed by atoms with E-state index in [4.69, 9.17) is 11.6 Å². The Morgan fingerprint density at radius 1 is 0.964 bits per heavy atom. The molecule has 28 heavy (non-hydrogen) atoms. The average Bonchev–Trinajstić information content (AvgIpc) is 3.24. The highest BCUT2D eigenvalue weighted by Crippen LogP contribution is 2.51. The van der Waals surface area contributed by atoms with Crippen LogP contribution in [0.4, 0.5) is 5.69 Å². The number of hydrogen-bond donors (Lipinski definition) is 1. The molecule has 0 aromatic heterocycles. The maximum Gasteiger partial charge on any atom is 0.195 e. The first kappa shape index (κ1) is 17.3. The number of allylic oxidation sites excluding steroid dienone is 2. The fraction of sp³-hybridized carbons (Fsp3) is 0.160. The van der Waals surface area contributed by atoms with Gasteiger partial charge in [0.15, 0.2) is 5.78 Å². The lowest BCUT2D eigenvalue weighted by Gasteiger charge is -2.38. The number of halogens is 1. The minimum atomic E-state index is -0.000844. The molecule has 3 aromatic rings. The van der Waals surface area contributed by atoms with E-state index in [9.17, 15) is 4.79 Å². The number of hydrogen-bond acceptors (Lipinski definition) is 2. The van der Waals surface area contributed by atoms with Crippen LogP contribution in [-0.4, -0.2) is 5.78 Å². The first-order valence-electron chi connectivity index (χ1n) is 9.64. The van der Waals surface area contributed by atoms with Crippen LogP contribution in [0.3, 0.4) is 0 Å². The third-order valence-corrected chi connectivity index (χ3v) is 6.09. The minimum Gasteiger partial charge on any atom is -0.377 e. The lowest BCUT2D eigenvalue weighted by molar-refractivity contribution is 0.103. The average molecular weight is 386 g/mol. The molecular formula is C25H20ClNO. The molecule has 3 atom stereocenters. The van der Waals surface area contributed by atoms with Crippen molar-refractivity contribution in [3.05, 3.63) is 112 Å². The molecule has 5 rings (SSSR count). The summed E-state index contributed by atoms with van der Waals surface area (Å²) in [6, 6.07) is 23.9. The standard InChI is InChI=1S/C25H20ClNO/c26-18-14-21-19-12-7-13-20(19)23(16-8-3-1-4-9-16)27-24(21)22(15-18)25(28)17-10-5-2-6-11-17/h1-12,14-15,19-20,23,27H,13H2. The summed E-state index contributed by atoms with van der Waals surface area (Å²) in [5.41, 5.74) is 4.61. The normalized spacial score (nSPS) is 22.2. The number of fused-ring (bicyclic) bond motifs is 3. The van der Waals surface area contributed by atoms with Crippen molar-refractivity contribution in [2.45, 2.75) is 18.4 Å². The Morgan fingerprint density at radius 2 is 1.68 bits per heavy atom. The van der Waals surface area contributed by atoms with Crippen molar-refractivity contribution in [1.82, 2.24) is 0 Å². The second-order valence-electron chi connectivity index (χ2n) is 7.50. The zero-order chi connectivity index (χ0) is 19.1. The van der Waals surface area contributed by atoms with Crippen LogP contribution in [0.25, 0.3) is 0 Å². The molecule has 1 aliphatic heterocycles. The van der Waals surface area contributed by atoms with Crippen molar-refractivity contribution in [3.8, 4) is 0 Å². The molecule has 0 saturated carbocycles. The first-order valence-corrected chi connectivity index (χ1v) is 10.0. The van der Waals surface area contributed by atoms with Gasteiger partial charge in [-0.05, 0) is 35.6 Å². The predicted octanol–water partition coefficient (Wildman–Crippen LogP) is 6.40. The molecule has 0 spiro atoms. The van der Waals surface area contributed by atoms with Gasteiger partial charge in [-0.3, -0.25) is 4.79 Å². The SMILES string of the molecule is O=C(c1ccccc1)c1cc(Cl)cc2c1NC(c1ccccc1)C1CC=CC21. The minimum absolute atomic E-state index is 0.000844. The summed E-state index contributed by atoms with van der Waals surface area (Å²) in [7, 11) is 0. The van der Waals surface area contributed by atoms with E-state index in [1.807, 2.05) is 42.5 Å². The number of benzene rings is 3. The molecule has 0 amide bonds. The Kier molecular flexibility index (Phi) is 4.29. The maximum absolute atomic E-state index is 13.3. The molecule has 0 fully saturated rings. The van der Waals surface area contributed by atoms with Gasteiger partial charge in [0, 0.05) is 27.8 Å². The van der Waals surface area contributed by atoms with Crippen LogP contribution in [-0.2, 0) is 0 Å². The monoisotopic (exact) mass is 385 g/mol. The van der Waals surface area contributed by atoms with Crippen molar-refractivity contribution in [2.24, 2.45) is 5.92 Å². The van der Waals surface area contributed by atoms with Crippen LogP contribution in [0, 0.1) is 5.92 Å². The Balaban J connectivity index is 1.66. The summed E-state index contributed by atoms with van der Waals surface area (Å²) in [4.78, 5) is 13.3. The Hall–Kier alpha value is -2.84. The smallest absolute Gasteiger partial charge is 0.195 e. The molecule has 1 N–H and O–H groups in total. The summed E-state index contributed by atoms with van der Waals surface area (Å²) < 4.78 is 0. The van der Waals surface area contributed by atoms with Crippen LogP contribution in [0.1, 0.15) is 45.4 Å². The molecule has 0 bridgehead atoms. The highest BCUT2D eigenvalue weighted by Gasteiger charge is 2.39. The largest absolute Gasteiger partial charge is 0.377 e. The molecule has 1 aliphatic carbocycles. The van der Waals surface area contributed by atoms with Crippen LogP contribution in [0.15, 0.2) is 84.9 Å². The molecule has 3 aromatic carbocycles. The van der Waals surface area contributed by atoms with Crippen molar-refractivity contribution in [1.29, 1.82) is 0 Å². The molecular weight excluding hydrogens is 366 g/mol. The third-order valence-electron chi connectivity index (χ3n) is 5.87. The lowest BCUT2D eigenvalue weighted by Crippen LogP contribution is -2.30. The van der Waals surface area contributed by atoms with E-state index in [2.05, 4.69) is 41.7 Å². The summed E-state index contributed by atoms with van der Waals surface area (Å²) >= 11 is 6.45. The van der Waals surface area contributed by atoms with Crippen molar-refractivity contribution >= 4 is 23.1 Å². The zero-order valence-electron chi connectivity index (χ0n) is 15.3. The number of anilines is 1. The number of carbonyl (C=O) groups excluding carboxylic acids is 1. The van der Waals surface area contributed by atoms with E-state index in [0.29, 0.717) is 22.1 Å². The van der Waals surface area contributed by atoms with Gasteiger partial charge in [0.1, 0.15) is 0 Å². The van der Waals surface area contributed by atoms with Gasteiger partial charge in [-0.25, -0.2) is 0 Å². The van der Waals surface area contributed by atoms with E-state index in [1.165, 1.54) is 5.56 Å². The lowest BCUT2D eigenvalue weighted by atomic mass is 9.76. The molecule has 0 radical (unpaired) electrons. The highest BCUT2D eigenvalue weighted by atomic mass is 35.5. The molecule has 2 nitrogen and oxygen atoms in total. The quantitative estimate of drug-likeness (QED) is 0.417. The van der Waals surface area contributed by atoms with Gasteiger partial charge in [0.2, 0.25) is 0 Å². The number of carbonyl (C=O) groups is 1. The number of nitrogens with one attached hydrogen (secondary N) is 1. The van der Waals surface area contributed by atoms with Gasteiger partial charge in [-0.1, -0.05) is 84.4 Å². The van der Waals surface area contributed by atoms with Crippen LogP contribution < -0.4 is 5.32 Å². The van der Waals surface area contributed by atoms with Gasteiger partial charge in [0.05, 0.1) is 6.04 Å². The number of ketones is 1. The summed E-state index contributed by atoms with van der Waals surface area (Å²) in [6.07, 6.45) is 5.54. The van der Waals surface area contributed by atoms with Gasteiger partial charge in [0.25, 0.3) is 0 Å². The van der Waals surface area contributed by atoms with E-state index in [0.717, 1.165) is 17.7 Å². The summed E-state index contributed by atoms with van der Waals surface area (Å²) in [5.74, 6) is 0.689. The molecule has 138 valence electrons. The van der Waals surface area contributed by atoms with Crippen LogP contribution in [0.5, 0.6) is 0 Å². The number of rotatable bonds is 3. The Morgan fingerprint density at radius 3 is 2.43 bits per heavy atom. The van der Waals surface area contributed by atoms with Gasteiger partial charge in [-0.15, -0.1) is 0 Å². The van der Waals surface area contributed by atoms with Gasteiger partial charge >= 0.3 is 0 Å². The van der Waals surface area contributed by atoms with Crippen molar-refractivity contribution in [3.63, 3.8) is 0 Å². The highest BCUT2D eigenvalue weighted by molar-refractivity contribution is 6.31. The fourth-order valence-electron chi connectivity index (χ4n) is 4.58. The van der Waals surface area contributed by atoms with E-state index < -0.39 is 0 Å². The van der Waals surface area contributed by atoms with E-state index >= 15 is 0 Å². The summed E-state index contributed by atoms with van der Waals surface area (Å²) in [5, 5.41) is 4.32. The molecule has 2 aliphatic rings. The third kappa shape index (κ3) is 2.85. The van der Waals surface area contributed by atoms with Crippen molar-refractivity contribution in [2.75, 3.05) is 5.32 Å². The Labute approximate surface area is 169 Å². The topological polar surface area (TPSA) is 29.1 Å². The molecule has 0 saturated heterocycles. The second-order valence-corrected chi connectivity index (χ2v) is 7.94. The first-order chi connectivity index (χ1) is 13.7.